The molecule has 0 aliphatic carbocycles. The number of amides is 1. The molecule has 1 amide bonds. The smallest absolute Gasteiger partial charge is 0.220 e. The zero-order chi connectivity index (χ0) is 17.5. The van der Waals surface area contributed by atoms with Crippen LogP contribution in [0.25, 0.3) is 0 Å². The third-order valence-electron chi connectivity index (χ3n) is 4.57. The van der Waals surface area contributed by atoms with Gasteiger partial charge in [-0.3, -0.25) is 9.78 Å². The van der Waals surface area contributed by atoms with Gasteiger partial charge < -0.3 is 15.0 Å². The summed E-state index contributed by atoms with van der Waals surface area (Å²) in [5, 5.41) is 3.19. The molecule has 2 aromatic rings. The molecule has 2 heterocycles. The van der Waals surface area contributed by atoms with E-state index in [-0.39, 0.29) is 11.9 Å². The van der Waals surface area contributed by atoms with Crippen LogP contribution in [0.4, 0.5) is 5.69 Å². The molecule has 1 saturated heterocycles. The van der Waals surface area contributed by atoms with Gasteiger partial charge in [-0.25, -0.2) is 0 Å². The van der Waals surface area contributed by atoms with E-state index in [2.05, 4.69) is 21.3 Å². The van der Waals surface area contributed by atoms with E-state index in [1.165, 1.54) is 0 Å². The quantitative estimate of drug-likeness (QED) is 0.879. The minimum Gasteiger partial charge on any atom is -0.497 e. The number of aromatic nitrogens is 1. The van der Waals surface area contributed by atoms with Crippen LogP contribution in [0.15, 0.2) is 48.8 Å². The van der Waals surface area contributed by atoms with Gasteiger partial charge in [0, 0.05) is 49.7 Å². The van der Waals surface area contributed by atoms with Crippen LogP contribution in [0.5, 0.6) is 5.75 Å². The Bertz CT molecular complexity index is 690. The van der Waals surface area contributed by atoms with Gasteiger partial charge in [0.2, 0.25) is 5.91 Å². The number of benzene rings is 1. The molecular weight excluding hydrogens is 314 g/mol. The van der Waals surface area contributed by atoms with E-state index in [0.29, 0.717) is 6.42 Å². The van der Waals surface area contributed by atoms with Crippen LogP contribution in [-0.4, -0.2) is 37.1 Å². The van der Waals surface area contributed by atoms with Gasteiger partial charge in [0.25, 0.3) is 0 Å². The van der Waals surface area contributed by atoms with E-state index in [1.807, 2.05) is 36.5 Å². The maximum Gasteiger partial charge on any atom is 0.220 e. The minimum atomic E-state index is 0.112. The third-order valence-corrected chi connectivity index (χ3v) is 4.57. The molecule has 0 saturated carbocycles. The molecule has 1 aromatic carbocycles. The Morgan fingerprint density at radius 2 is 2.28 bits per heavy atom. The second-order valence-electron chi connectivity index (χ2n) is 6.42. The largest absolute Gasteiger partial charge is 0.497 e. The highest BCUT2D eigenvalue weighted by molar-refractivity contribution is 5.76. The Labute approximate surface area is 149 Å². The predicted molar refractivity (Wildman–Crippen MR) is 98.9 cm³/mol. The second kappa shape index (κ2) is 8.51. The zero-order valence-electron chi connectivity index (χ0n) is 14.6. The number of carbonyl (C=O) groups excluding carboxylic acids is 1. The van der Waals surface area contributed by atoms with Crippen molar-refractivity contribution in [3.8, 4) is 5.75 Å². The van der Waals surface area contributed by atoms with Crippen molar-refractivity contribution in [2.45, 2.75) is 31.7 Å². The molecule has 5 heteroatoms. The first-order chi connectivity index (χ1) is 12.2. The molecule has 0 unspecified atom stereocenters. The summed E-state index contributed by atoms with van der Waals surface area (Å²) in [6.45, 7) is 1.85. The van der Waals surface area contributed by atoms with E-state index in [4.69, 9.17) is 4.74 Å². The maximum atomic E-state index is 12.3. The molecule has 5 nitrogen and oxygen atoms in total. The summed E-state index contributed by atoms with van der Waals surface area (Å²) in [5.74, 6) is 0.974. The lowest BCUT2D eigenvalue weighted by atomic mass is 10.0. The van der Waals surface area contributed by atoms with Crippen molar-refractivity contribution in [3.63, 3.8) is 0 Å². The standard InChI is InChI=1S/C20H25N3O2/c1-25-19-8-2-7-18(13-19)23-12-4-6-17(15-23)22-20(24)10-9-16-5-3-11-21-14-16/h2-3,5,7-8,11,13-14,17H,4,6,9-10,12,15H2,1H3,(H,22,24)/t17-/m0/s1. The van der Waals surface area contributed by atoms with Crippen LogP contribution >= 0.6 is 0 Å². The number of hydrogen-bond acceptors (Lipinski definition) is 4. The number of nitrogens with zero attached hydrogens (tertiary/aromatic N) is 2. The summed E-state index contributed by atoms with van der Waals surface area (Å²) in [5.41, 5.74) is 2.24. The highest BCUT2D eigenvalue weighted by Crippen LogP contribution is 2.24. The fourth-order valence-corrected chi connectivity index (χ4v) is 3.24. The number of methoxy groups -OCH3 is 1. The molecule has 1 aromatic heterocycles. The van der Waals surface area contributed by atoms with E-state index >= 15 is 0 Å². The van der Waals surface area contributed by atoms with Crippen molar-refractivity contribution < 1.29 is 9.53 Å². The minimum absolute atomic E-state index is 0.112. The number of pyridine rings is 1. The van der Waals surface area contributed by atoms with E-state index in [9.17, 15) is 4.79 Å². The number of ether oxygens (including phenoxy) is 1. The number of piperidine rings is 1. The molecule has 1 aliphatic heterocycles. The number of aryl methyl sites for hydroxylation is 1. The van der Waals surface area contributed by atoms with Crippen LogP contribution < -0.4 is 15.0 Å². The highest BCUT2D eigenvalue weighted by atomic mass is 16.5. The SMILES string of the molecule is COc1cccc(N2CCC[C@H](NC(=O)CCc3cccnc3)C2)c1. The molecule has 132 valence electrons. The average Bonchev–Trinajstić information content (AvgIpc) is 2.67. The number of anilines is 1. The lowest BCUT2D eigenvalue weighted by Crippen LogP contribution is -2.47. The van der Waals surface area contributed by atoms with Gasteiger partial charge >= 0.3 is 0 Å². The van der Waals surface area contributed by atoms with Crippen LogP contribution in [0.3, 0.4) is 0 Å². The number of carbonyl (C=O) groups is 1. The Hall–Kier alpha value is -2.56. The number of rotatable bonds is 6. The van der Waals surface area contributed by atoms with Crippen LogP contribution in [0.1, 0.15) is 24.8 Å². The highest BCUT2D eigenvalue weighted by Gasteiger charge is 2.21. The first-order valence-corrected chi connectivity index (χ1v) is 8.82. The molecule has 0 radical (unpaired) electrons. The van der Waals surface area contributed by atoms with Gasteiger partial charge in [0.05, 0.1) is 7.11 Å². The van der Waals surface area contributed by atoms with Gasteiger partial charge in [0.1, 0.15) is 5.75 Å². The fraction of sp³-hybridized carbons (Fsp3) is 0.400. The van der Waals surface area contributed by atoms with Gasteiger partial charge in [-0.05, 0) is 43.0 Å². The van der Waals surface area contributed by atoms with Crippen molar-refractivity contribution in [2.24, 2.45) is 0 Å². The molecule has 3 rings (SSSR count). The van der Waals surface area contributed by atoms with Gasteiger partial charge in [-0.15, -0.1) is 0 Å². The summed E-state index contributed by atoms with van der Waals surface area (Å²) < 4.78 is 5.31. The molecule has 1 atom stereocenters. The maximum absolute atomic E-state index is 12.3. The first kappa shape index (κ1) is 17.3. The van der Waals surface area contributed by atoms with Crippen molar-refractivity contribution in [2.75, 3.05) is 25.1 Å². The molecular formula is C20H25N3O2. The van der Waals surface area contributed by atoms with E-state index < -0.39 is 0 Å². The number of hydrogen-bond donors (Lipinski definition) is 1. The average molecular weight is 339 g/mol. The summed E-state index contributed by atoms with van der Waals surface area (Å²) in [4.78, 5) is 18.7. The van der Waals surface area contributed by atoms with Crippen LogP contribution in [0, 0.1) is 0 Å². The van der Waals surface area contributed by atoms with E-state index in [1.54, 1.807) is 13.3 Å². The molecule has 0 bridgehead atoms. The Kier molecular flexibility index (Phi) is 5.88. The summed E-state index contributed by atoms with van der Waals surface area (Å²) >= 11 is 0. The summed E-state index contributed by atoms with van der Waals surface area (Å²) in [6, 6.07) is 12.2. The topological polar surface area (TPSA) is 54.5 Å². The molecule has 0 spiro atoms. The van der Waals surface area contributed by atoms with E-state index in [0.717, 1.165) is 49.4 Å². The predicted octanol–water partition coefficient (Wildman–Crippen LogP) is 2.81. The molecule has 1 fully saturated rings. The van der Waals surface area contributed by atoms with Crippen molar-refractivity contribution >= 4 is 11.6 Å². The third kappa shape index (κ3) is 4.95. The normalized spacial score (nSPS) is 17.2. The van der Waals surface area contributed by atoms with Crippen LogP contribution in [0.2, 0.25) is 0 Å². The summed E-state index contributed by atoms with van der Waals surface area (Å²) in [6.07, 6.45) is 6.90. The Balaban J connectivity index is 1.51. The lowest BCUT2D eigenvalue weighted by molar-refractivity contribution is -0.121. The molecule has 1 N–H and O–H groups in total. The van der Waals surface area contributed by atoms with Gasteiger partial charge in [-0.1, -0.05) is 12.1 Å². The fourth-order valence-electron chi connectivity index (χ4n) is 3.24. The Morgan fingerprint density at radius 3 is 3.08 bits per heavy atom. The number of nitrogens with one attached hydrogen (secondary N) is 1. The van der Waals surface area contributed by atoms with Crippen LogP contribution in [-0.2, 0) is 11.2 Å². The van der Waals surface area contributed by atoms with Crippen molar-refractivity contribution in [1.82, 2.24) is 10.3 Å². The lowest BCUT2D eigenvalue weighted by Gasteiger charge is -2.35. The molecule has 25 heavy (non-hydrogen) atoms. The van der Waals surface area contributed by atoms with Crippen molar-refractivity contribution in [1.29, 1.82) is 0 Å². The van der Waals surface area contributed by atoms with Crippen molar-refractivity contribution in [3.05, 3.63) is 54.4 Å². The van der Waals surface area contributed by atoms with Gasteiger partial charge in [-0.2, -0.15) is 0 Å². The monoisotopic (exact) mass is 339 g/mol. The second-order valence-corrected chi connectivity index (χ2v) is 6.42. The van der Waals surface area contributed by atoms with Gasteiger partial charge in [0.15, 0.2) is 0 Å². The first-order valence-electron chi connectivity index (χ1n) is 8.82. The molecule has 1 aliphatic rings. The zero-order valence-corrected chi connectivity index (χ0v) is 14.6. The Morgan fingerprint density at radius 1 is 1.36 bits per heavy atom. The summed E-state index contributed by atoms with van der Waals surface area (Å²) in [7, 11) is 1.68.